The molecule has 0 bridgehead atoms. The van der Waals surface area contributed by atoms with E-state index in [1.54, 1.807) is 6.07 Å². The van der Waals surface area contributed by atoms with Gasteiger partial charge < -0.3 is 9.52 Å². The Kier molecular flexibility index (Phi) is 2.27. The fraction of sp³-hybridized carbons (Fsp3) is 0.444. The molecule has 70 valence electrons. The van der Waals surface area contributed by atoms with E-state index in [0.717, 1.165) is 13.1 Å². The summed E-state index contributed by atoms with van der Waals surface area (Å²) in [5.74, 6) is 0.151. The van der Waals surface area contributed by atoms with Gasteiger partial charge in [-0.1, -0.05) is 0 Å². The smallest absolute Gasteiger partial charge is 0.372 e. The fourth-order valence-electron chi connectivity index (χ4n) is 1.54. The van der Waals surface area contributed by atoms with Crippen molar-refractivity contribution in [2.24, 2.45) is 0 Å². The SMILES string of the molecule is Oc1cc(Cl)oc(=[N+]2CCCC2)c1. The Morgan fingerprint density at radius 3 is 2.62 bits per heavy atom. The van der Waals surface area contributed by atoms with Gasteiger partial charge in [0, 0.05) is 18.9 Å². The first-order chi connectivity index (χ1) is 6.25. The number of hydrogen-bond donors (Lipinski definition) is 1. The standard InChI is InChI=1S/C9H10ClNO2/c10-8-5-7(12)6-9(13-8)11-3-1-2-4-11/h5-6H,1-4H2/p+1. The highest BCUT2D eigenvalue weighted by molar-refractivity contribution is 6.28. The van der Waals surface area contributed by atoms with E-state index in [0.29, 0.717) is 5.55 Å². The number of aromatic hydroxyl groups is 1. The monoisotopic (exact) mass is 200 g/mol. The van der Waals surface area contributed by atoms with Crippen LogP contribution in [-0.2, 0) is 0 Å². The summed E-state index contributed by atoms with van der Waals surface area (Å²) in [5, 5.41) is 9.51. The van der Waals surface area contributed by atoms with Crippen molar-refractivity contribution in [3.05, 3.63) is 22.9 Å². The van der Waals surface area contributed by atoms with Crippen molar-refractivity contribution >= 4 is 11.6 Å². The van der Waals surface area contributed by atoms with Crippen LogP contribution in [0.25, 0.3) is 0 Å². The summed E-state index contributed by atoms with van der Waals surface area (Å²) in [6.07, 6.45) is 2.34. The molecule has 1 N–H and O–H groups in total. The van der Waals surface area contributed by atoms with Crippen LogP contribution in [0.1, 0.15) is 12.8 Å². The van der Waals surface area contributed by atoms with Crippen molar-refractivity contribution in [2.75, 3.05) is 13.1 Å². The first-order valence-electron chi connectivity index (χ1n) is 4.33. The Morgan fingerprint density at radius 2 is 2.00 bits per heavy atom. The first kappa shape index (κ1) is 8.63. The van der Waals surface area contributed by atoms with E-state index < -0.39 is 0 Å². The van der Waals surface area contributed by atoms with Gasteiger partial charge in [0.15, 0.2) is 0 Å². The lowest BCUT2D eigenvalue weighted by molar-refractivity contribution is 0.413. The Bertz CT molecular complexity index is 352. The van der Waals surface area contributed by atoms with E-state index >= 15 is 0 Å². The van der Waals surface area contributed by atoms with E-state index in [-0.39, 0.29) is 11.0 Å². The van der Waals surface area contributed by atoms with Crippen LogP contribution < -0.4 is 10.1 Å². The van der Waals surface area contributed by atoms with Gasteiger partial charge >= 0.3 is 5.55 Å². The summed E-state index contributed by atoms with van der Waals surface area (Å²) in [6, 6.07) is 2.98. The Labute approximate surface area is 80.9 Å². The molecule has 1 aromatic heterocycles. The van der Waals surface area contributed by atoms with Crippen LogP contribution in [0.3, 0.4) is 0 Å². The molecule has 2 rings (SSSR count). The third kappa shape index (κ3) is 1.86. The maximum absolute atomic E-state index is 9.28. The van der Waals surface area contributed by atoms with Crippen LogP contribution in [0, 0.1) is 0 Å². The van der Waals surface area contributed by atoms with Gasteiger partial charge in [0.1, 0.15) is 18.8 Å². The zero-order valence-electron chi connectivity index (χ0n) is 7.16. The second-order valence-electron chi connectivity index (χ2n) is 3.15. The van der Waals surface area contributed by atoms with Crippen LogP contribution in [0.4, 0.5) is 0 Å². The predicted molar refractivity (Wildman–Crippen MR) is 49.6 cm³/mol. The average Bonchev–Trinajstić information content (AvgIpc) is 2.53. The lowest BCUT2D eigenvalue weighted by atomic mass is 10.4. The molecule has 13 heavy (non-hydrogen) atoms. The van der Waals surface area contributed by atoms with Gasteiger partial charge in [-0.25, -0.2) is 0 Å². The van der Waals surface area contributed by atoms with Gasteiger partial charge in [0.05, 0.1) is 6.07 Å². The van der Waals surface area contributed by atoms with Crippen LogP contribution in [0.2, 0.25) is 5.22 Å². The largest absolute Gasteiger partial charge is 0.507 e. The summed E-state index contributed by atoms with van der Waals surface area (Å²) >= 11 is 5.68. The zero-order valence-corrected chi connectivity index (χ0v) is 7.92. The molecule has 1 saturated heterocycles. The summed E-state index contributed by atoms with van der Waals surface area (Å²) in [5.41, 5.74) is 0.655. The molecule has 0 spiro atoms. The molecule has 1 aromatic rings. The van der Waals surface area contributed by atoms with E-state index in [2.05, 4.69) is 4.58 Å². The molecule has 4 heteroatoms. The second kappa shape index (κ2) is 3.42. The first-order valence-corrected chi connectivity index (χ1v) is 4.71. The summed E-state index contributed by atoms with van der Waals surface area (Å²) in [6.45, 7) is 1.95. The third-order valence-corrected chi connectivity index (χ3v) is 2.34. The van der Waals surface area contributed by atoms with Crippen molar-refractivity contribution < 1.29 is 9.52 Å². The van der Waals surface area contributed by atoms with Gasteiger partial charge in [0.2, 0.25) is 5.22 Å². The highest BCUT2D eigenvalue weighted by Crippen LogP contribution is 2.12. The molecule has 0 amide bonds. The van der Waals surface area contributed by atoms with Crippen molar-refractivity contribution in [3.63, 3.8) is 0 Å². The molecule has 0 radical (unpaired) electrons. The molecule has 1 fully saturated rings. The van der Waals surface area contributed by atoms with Gasteiger partial charge in [-0.2, -0.15) is 4.58 Å². The van der Waals surface area contributed by atoms with E-state index in [4.69, 9.17) is 16.0 Å². The van der Waals surface area contributed by atoms with E-state index in [9.17, 15) is 5.11 Å². The molecular formula is C9H11ClNO2+. The number of halogens is 1. The molecule has 1 aliphatic heterocycles. The van der Waals surface area contributed by atoms with Crippen LogP contribution in [0.5, 0.6) is 5.75 Å². The Hall–Kier alpha value is -0.960. The summed E-state index contributed by atoms with van der Waals surface area (Å²) in [4.78, 5) is 0. The van der Waals surface area contributed by atoms with Crippen LogP contribution in [0.15, 0.2) is 16.5 Å². The lowest BCUT2D eigenvalue weighted by Gasteiger charge is -1.93. The normalized spacial score (nSPS) is 16.5. The minimum Gasteiger partial charge on any atom is -0.507 e. The van der Waals surface area contributed by atoms with Crippen molar-refractivity contribution in [1.82, 2.24) is 4.58 Å². The minimum absolute atomic E-state index is 0.151. The number of rotatable bonds is 0. The molecule has 0 aromatic carbocycles. The molecule has 3 nitrogen and oxygen atoms in total. The molecule has 1 aliphatic rings. The van der Waals surface area contributed by atoms with E-state index in [1.165, 1.54) is 18.9 Å². The van der Waals surface area contributed by atoms with Gasteiger partial charge in [-0.15, -0.1) is 0 Å². The third-order valence-electron chi connectivity index (χ3n) is 2.15. The molecule has 0 saturated carbocycles. The Morgan fingerprint density at radius 1 is 1.31 bits per heavy atom. The van der Waals surface area contributed by atoms with Gasteiger partial charge in [-0.3, -0.25) is 0 Å². The molecule has 0 atom stereocenters. The Balaban J connectivity index is 2.55. The van der Waals surface area contributed by atoms with Crippen molar-refractivity contribution in [1.29, 1.82) is 0 Å². The second-order valence-corrected chi connectivity index (χ2v) is 3.52. The van der Waals surface area contributed by atoms with Crippen molar-refractivity contribution in [2.45, 2.75) is 12.8 Å². The highest BCUT2D eigenvalue weighted by atomic mass is 35.5. The quantitative estimate of drug-likeness (QED) is 0.639. The minimum atomic E-state index is 0.151. The van der Waals surface area contributed by atoms with Crippen LogP contribution >= 0.6 is 11.6 Å². The fourth-order valence-corrected chi connectivity index (χ4v) is 1.73. The maximum Gasteiger partial charge on any atom is 0.372 e. The summed E-state index contributed by atoms with van der Waals surface area (Å²) < 4.78 is 7.35. The topological polar surface area (TPSA) is 36.4 Å². The van der Waals surface area contributed by atoms with Gasteiger partial charge in [0.25, 0.3) is 0 Å². The molecular weight excluding hydrogens is 190 g/mol. The zero-order chi connectivity index (χ0) is 9.26. The van der Waals surface area contributed by atoms with Crippen molar-refractivity contribution in [3.8, 4) is 5.75 Å². The predicted octanol–water partition coefficient (Wildman–Crippen LogP) is 1.20. The van der Waals surface area contributed by atoms with Gasteiger partial charge in [-0.05, 0) is 11.6 Å². The van der Waals surface area contributed by atoms with Crippen LogP contribution in [-0.4, -0.2) is 18.2 Å². The van der Waals surface area contributed by atoms with E-state index in [1.807, 2.05) is 0 Å². The summed E-state index contributed by atoms with van der Waals surface area (Å²) in [7, 11) is 0. The molecule has 0 aliphatic carbocycles. The number of hydrogen-bond acceptors (Lipinski definition) is 2. The molecule has 2 heterocycles. The molecule has 0 unspecified atom stereocenters. The average molecular weight is 201 g/mol. The lowest BCUT2D eigenvalue weighted by Crippen LogP contribution is -2.26. The number of nitrogens with zero attached hydrogens (tertiary/aromatic N) is 1. The maximum atomic E-state index is 9.28. The highest BCUT2D eigenvalue weighted by Gasteiger charge is 2.15.